The highest BCUT2D eigenvalue weighted by molar-refractivity contribution is 7.16. The van der Waals surface area contributed by atoms with E-state index in [0.717, 1.165) is 10.4 Å². The maximum atomic E-state index is 12.5. The number of carbonyl (C=O) groups is 2. The molecule has 1 N–H and O–H groups in total. The monoisotopic (exact) mass is 370 g/mol. The van der Waals surface area contributed by atoms with E-state index in [-0.39, 0.29) is 23.5 Å². The minimum atomic E-state index is -0.386. The fourth-order valence-corrected chi connectivity index (χ4v) is 3.51. The minimum absolute atomic E-state index is 0.0616. The zero-order valence-electron chi connectivity index (χ0n) is 14.9. The van der Waals surface area contributed by atoms with Gasteiger partial charge in [0.25, 0.3) is 0 Å². The first-order chi connectivity index (χ1) is 12.3. The van der Waals surface area contributed by atoms with Crippen molar-refractivity contribution >= 4 is 39.1 Å². The van der Waals surface area contributed by atoms with Crippen molar-refractivity contribution in [3.63, 3.8) is 0 Å². The van der Waals surface area contributed by atoms with E-state index in [1.54, 1.807) is 26.0 Å². The summed E-state index contributed by atoms with van der Waals surface area (Å²) in [5.41, 5.74) is 2.52. The Morgan fingerprint density at radius 1 is 1.23 bits per heavy atom. The quantitative estimate of drug-likeness (QED) is 0.706. The van der Waals surface area contributed by atoms with Crippen LogP contribution in [0.3, 0.4) is 0 Å². The lowest BCUT2D eigenvalue weighted by Gasteiger charge is -2.05. The molecule has 2 aromatic heterocycles. The van der Waals surface area contributed by atoms with Gasteiger partial charge in [-0.05, 0) is 45.9 Å². The fourth-order valence-electron chi connectivity index (χ4n) is 2.65. The Bertz CT molecular complexity index is 1090. The van der Waals surface area contributed by atoms with Crippen molar-refractivity contribution in [2.75, 3.05) is 5.32 Å². The van der Waals surface area contributed by atoms with E-state index < -0.39 is 0 Å². The molecule has 0 bridgehead atoms. The summed E-state index contributed by atoms with van der Waals surface area (Å²) in [6.45, 7) is 6.76. The topological polar surface area (TPSA) is 89.3 Å². The number of fused-ring (bicyclic) bond motifs is 1. The van der Waals surface area contributed by atoms with E-state index in [0.29, 0.717) is 33.1 Å². The van der Waals surface area contributed by atoms with E-state index in [1.807, 2.05) is 13.0 Å². The Balaban J connectivity index is 2.00. The van der Waals surface area contributed by atoms with Crippen LogP contribution in [0.15, 0.2) is 27.4 Å². The van der Waals surface area contributed by atoms with Crippen LogP contribution in [0.25, 0.3) is 22.2 Å². The van der Waals surface area contributed by atoms with Gasteiger partial charge in [-0.2, -0.15) is 0 Å². The highest BCUT2D eigenvalue weighted by atomic mass is 32.1. The third kappa shape index (κ3) is 3.43. The number of ketones is 1. The number of nitrogens with zero attached hydrogens (tertiary/aromatic N) is 1. The molecule has 0 saturated heterocycles. The maximum Gasteiger partial charge on any atom is 0.233 e. The summed E-state index contributed by atoms with van der Waals surface area (Å²) >= 11 is 1.32. The first-order valence-corrected chi connectivity index (χ1v) is 8.89. The van der Waals surface area contributed by atoms with E-state index in [2.05, 4.69) is 10.3 Å². The van der Waals surface area contributed by atoms with E-state index in [1.165, 1.54) is 18.3 Å². The first kappa shape index (κ1) is 18.0. The number of rotatable bonds is 4. The second kappa shape index (κ2) is 6.84. The van der Waals surface area contributed by atoms with Gasteiger partial charge in [0, 0.05) is 16.0 Å². The van der Waals surface area contributed by atoms with Crippen LogP contribution in [0.2, 0.25) is 0 Å². The predicted octanol–water partition coefficient (Wildman–Crippen LogP) is 3.76. The average Bonchev–Trinajstić information content (AvgIpc) is 2.92. The normalized spacial score (nSPS) is 10.9. The molecule has 3 rings (SSSR count). The molecule has 0 atom stereocenters. The van der Waals surface area contributed by atoms with Crippen LogP contribution in [0.4, 0.5) is 5.13 Å². The van der Waals surface area contributed by atoms with Gasteiger partial charge in [0.2, 0.25) is 5.91 Å². The molecule has 26 heavy (non-hydrogen) atoms. The highest BCUT2D eigenvalue weighted by Gasteiger charge is 2.15. The molecule has 0 radical (unpaired) electrons. The Kier molecular flexibility index (Phi) is 4.73. The molecule has 7 heteroatoms. The van der Waals surface area contributed by atoms with Crippen LogP contribution in [0.5, 0.6) is 0 Å². The Morgan fingerprint density at radius 3 is 2.65 bits per heavy atom. The van der Waals surface area contributed by atoms with Crippen LogP contribution < -0.4 is 10.7 Å². The summed E-state index contributed by atoms with van der Waals surface area (Å²) in [6, 6.07) is 5.35. The number of Topliss-reactive ketones (excluding diaryl/α,β-unsaturated/α-hetero) is 1. The zero-order chi connectivity index (χ0) is 19.0. The number of thiazole rings is 1. The van der Waals surface area contributed by atoms with Crippen LogP contribution in [-0.4, -0.2) is 16.7 Å². The van der Waals surface area contributed by atoms with Crippen molar-refractivity contribution in [2.24, 2.45) is 0 Å². The first-order valence-electron chi connectivity index (χ1n) is 8.07. The van der Waals surface area contributed by atoms with Gasteiger partial charge in [0.1, 0.15) is 17.1 Å². The van der Waals surface area contributed by atoms with Gasteiger partial charge in [-0.25, -0.2) is 4.98 Å². The molecule has 0 saturated carbocycles. The summed E-state index contributed by atoms with van der Waals surface area (Å²) in [4.78, 5) is 40.6. The van der Waals surface area contributed by atoms with Gasteiger partial charge in [-0.15, -0.1) is 11.3 Å². The van der Waals surface area contributed by atoms with Crippen molar-refractivity contribution in [1.82, 2.24) is 4.98 Å². The van der Waals surface area contributed by atoms with Crippen molar-refractivity contribution < 1.29 is 14.0 Å². The number of anilines is 1. The maximum absolute atomic E-state index is 12.5. The Labute approximate surface area is 153 Å². The Hall–Kier alpha value is -2.80. The predicted molar refractivity (Wildman–Crippen MR) is 102 cm³/mol. The molecule has 3 aromatic rings. The van der Waals surface area contributed by atoms with Crippen LogP contribution >= 0.6 is 11.3 Å². The largest absolute Gasteiger partial charge is 0.461 e. The summed E-state index contributed by atoms with van der Waals surface area (Å²) in [6.07, 6.45) is -0.177. The molecular formula is C19H18N2O4S. The molecule has 1 aromatic carbocycles. The second-order valence-electron chi connectivity index (χ2n) is 6.17. The van der Waals surface area contributed by atoms with E-state index in [4.69, 9.17) is 4.42 Å². The number of benzene rings is 1. The van der Waals surface area contributed by atoms with Gasteiger partial charge < -0.3 is 9.73 Å². The summed E-state index contributed by atoms with van der Waals surface area (Å²) in [5, 5.41) is 3.56. The van der Waals surface area contributed by atoms with Crippen molar-refractivity contribution in [3.8, 4) is 11.3 Å². The van der Waals surface area contributed by atoms with Crippen molar-refractivity contribution in [3.05, 3.63) is 44.6 Å². The molecule has 134 valence electrons. The number of aromatic nitrogens is 1. The molecular weight excluding hydrogens is 352 g/mol. The van der Waals surface area contributed by atoms with Crippen LogP contribution in [0, 0.1) is 20.8 Å². The van der Waals surface area contributed by atoms with Gasteiger partial charge in [-0.1, -0.05) is 0 Å². The van der Waals surface area contributed by atoms with Crippen molar-refractivity contribution in [1.29, 1.82) is 0 Å². The second-order valence-corrected chi connectivity index (χ2v) is 7.38. The minimum Gasteiger partial charge on any atom is -0.461 e. The van der Waals surface area contributed by atoms with Crippen molar-refractivity contribution in [2.45, 2.75) is 34.1 Å². The molecule has 2 heterocycles. The zero-order valence-corrected chi connectivity index (χ0v) is 15.7. The van der Waals surface area contributed by atoms with Gasteiger partial charge in [0.05, 0.1) is 17.5 Å². The molecule has 1 amide bonds. The molecule has 0 spiro atoms. The van der Waals surface area contributed by atoms with Crippen LogP contribution in [0.1, 0.15) is 29.5 Å². The molecule has 6 nitrogen and oxygen atoms in total. The number of aryl methyl sites for hydroxylation is 2. The van der Waals surface area contributed by atoms with E-state index in [9.17, 15) is 14.4 Å². The Morgan fingerprint density at radius 2 is 1.96 bits per heavy atom. The number of hydrogen-bond acceptors (Lipinski definition) is 6. The molecule has 0 fully saturated rings. The highest BCUT2D eigenvalue weighted by Crippen LogP contribution is 2.32. The lowest BCUT2D eigenvalue weighted by atomic mass is 10.1. The SMILES string of the molecule is CC(=O)CC(=O)Nc1nc(-c2ccc3oc(C)c(C)c(=O)c3c2)c(C)s1. The van der Waals surface area contributed by atoms with Crippen LogP contribution in [-0.2, 0) is 9.59 Å². The summed E-state index contributed by atoms with van der Waals surface area (Å²) < 4.78 is 5.68. The third-order valence-electron chi connectivity index (χ3n) is 4.08. The van der Waals surface area contributed by atoms with Gasteiger partial charge >= 0.3 is 0 Å². The third-order valence-corrected chi connectivity index (χ3v) is 4.97. The summed E-state index contributed by atoms with van der Waals surface area (Å²) in [7, 11) is 0. The number of hydrogen-bond donors (Lipinski definition) is 1. The van der Waals surface area contributed by atoms with Gasteiger partial charge in [0.15, 0.2) is 10.6 Å². The average molecular weight is 370 g/mol. The standard InChI is InChI=1S/C19H18N2O4S/c1-9(22)7-16(23)20-19-21-17(12(4)26-19)13-5-6-15-14(8-13)18(24)10(2)11(3)25-15/h5-6,8H,7H2,1-4H3,(H,20,21,23). The lowest BCUT2D eigenvalue weighted by Crippen LogP contribution is -2.14. The number of nitrogens with one attached hydrogen (secondary N) is 1. The number of amides is 1. The number of carbonyl (C=O) groups excluding carboxylic acids is 2. The van der Waals surface area contributed by atoms with E-state index >= 15 is 0 Å². The van der Waals surface area contributed by atoms with Gasteiger partial charge in [-0.3, -0.25) is 14.4 Å². The summed E-state index contributed by atoms with van der Waals surface area (Å²) in [5.74, 6) is 0.0153. The smallest absolute Gasteiger partial charge is 0.233 e. The molecule has 0 aliphatic heterocycles. The molecule has 0 unspecified atom stereocenters. The molecule has 0 aliphatic rings. The molecule has 0 aliphatic carbocycles. The fraction of sp³-hybridized carbons (Fsp3) is 0.263. The lowest BCUT2D eigenvalue weighted by molar-refractivity contribution is -0.124.